The van der Waals surface area contributed by atoms with Crippen LogP contribution < -0.4 is 15.1 Å². The number of nitrogens with zero attached hydrogens (tertiary/aromatic N) is 3. The molecule has 2 aromatic rings. The van der Waals surface area contributed by atoms with Gasteiger partial charge in [0.15, 0.2) is 0 Å². The van der Waals surface area contributed by atoms with Gasteiger partial charge in [-0.2, -0.15) is 0 Å². The van der Waals surface area contributed by atoms with E-state index in [9.17, 15) is 0 Å². The molecule has 0 atom stereocenters. The lowest BCUT2D eigenvalue weighted by molar-refractivity contribution is 0.122. The zero-order valence-electron chi connectivity index (χ0n) is 17.9. The molecule has 1 aromatic heterocycles. The van der Waals surface area contributed by atoms with Crippen LogP contribution >= 0.6 is 11.6 Å². The molecule has 0 spiro atoms. The average Bonchev–Trinajstić information content (AvgIpc) is 2.81. The maximum Gasteiger partial charge on any atom is 0.137 e. The molecule has 0 amide bonds. The van der Waals surface area contributed by atoms with Crippen LogP contribution in [0.25, 0.3) is 5.70 Å². The van der Waals surface area contributed by atoms with Crippen molar-refractivity contribution in [3.05, 3.63) is 71.0 Å². The summed E-state index contributed by atoms with van der Waals surface area (Å²) in [5.74, 6) is 1.74. The summed E-state index contributed by atoms with van der Waals surface area (Å²) in [5.41, 5.74) is 6.59. The number of nitrogens with one attached hydrogen (secondary N) is 1. The summed E-state index contributed by atoms with van der Waals surface area (Å²) in [6.45, 7) is 6.67. The third kappa shape index (κ3) is 5.32. The summed E-state index contributed by atoms with van der Waals surface area (Å²) in [6, 6.07) is 10.1. The van der Waals surface area contributed by atoms with Gasteiger partial charge >= 0.3 is 0 Å². The van der Waals surface area contributed by atoms with Gasteiger partial charge in [0.1, 0.15) is 11.6 Å². The standard InChI is InChI=1S/C24H29ClN4O2/c1-2-3-14-31-23-9-8-19(17-21(23)25)22-7-5-11-27-29(22)18-20-6-4-10-26-24(20)28-12-15-30-16-13-28/h4-11,17,27H,2-3,12-16,18H2,1H3. The van der Waals surface area contributed by atoms with Crippen LogP contribution in [0, 0.1) is 0 Å². The van der Waals surface area contributed by atoms with Crippen molar-refractivity contribution in [2.45, 2.75) is 26.3 Å². The smallest absolute Gasteiger partial charge is 0.137 e. The quantitative estimate of drug-likeness (QED) is 0.604. The topological polar surface area (TPSA) is 49.9 Å². The Morgan fingerprint density at radius 2 is 2.10 bits per heavy atom. The van der Waals surface area contributed by atoms with Crippen LogP contribution in [0.15, 0.2) is 54.9 Å². The van der Waals surface area contributed by atoms with Crippen molar-refractivity contribution in [3.63, 3.8) is 0 Å². The van der Waals surface area contributed by atoms with Gasteiger partial charge in [-0.05, 0) is 42.8 Å². The predicted octanol–water partition coefficient (Wildman–Crippen LogP) is 4.63. The first-order chi connectivity index (χ1) is 15.3. The van der Waals surface area contributed by atoms with Crippen molar-refractivity contribution in [3.8, 4) is 5.75 Å². The van der Waals surface area contributed by atoms with Gasteiger partial charge < -0.3 is 19.8 Å². The molecule has 4 rings (SSSR count). The van der Waals surface area contributed by atoms with E-state index in [2.05, 4.69) is 45.5 Å². The number of hydrogen-bond acceptors (Lipinski definition) is 6. The van der Waals surface area contributed by atoms with Crippen LogP contribution in [0.2, 0.25) is 5.02 Å². The predicted molar refractivity (Wildman–Crippen MR) is 125 cm³/mol. The minimum Gasteiger partial charge on any atom is -0.492 e. The van der Waals surface area contributed by atoms with Gasteiger partial charge in [-0.25, -0.2) is 4.98 Å². The van der Waals surface area contributed by atoms with Crippen LogP contribution in [-0.4, -0.2) is 42.9 Å². The second kappa shape index (κ2) is 10.6. The minimum atomic E-state index is 0.624. The molecule has 1 saturated heterocycles. The molecule has 3 heterocycles. The second-order valence-corrected chi connectivity index (χ2v) is 7.97. The summed E-state index contributed by atoms with van der Waals surface area (Å²) in [5, 5.41) is 2.74. The normalized spacial score (nSPS) is 16.1. The molecule has 0 aliphatic carbocycles. The first-order valence-corrected chi connectivity index (χ1v) is 11.2. The van der Waals surface area contributed by atoms with Crippen molar-refractivity contribution in [2.75, 3.05) is 37.8 Å². The number of benzene rings is 1. The molecule has 1 fully saturated rings. The van der Waals surface area contributed by atoms with Crippen LogP contribution in [0.5, 0.6) is 5.75 Å². The van der Waals surface area contributed by atoms with Gasteiger partial charge in [-0.3, -0.25) is 5.01 Å². The van der Waals surface area contributed by atoms with Crippen molar-refractivity contribution < 1.29 is 9.47 Å². The molecule has 2 aliphatic heterocycles. The Morgan fingerprint density at radius 1 is 1.23 bits per heavy atom. The van der Waals surface area contributed by atoms with Crippen molar-refractivity contribution in [2.24, 2.45) is 0 Å². The van der Waals surface area contributed by atoms with Crippen LogP contribution in [0.3, 0.4) is 0 Å². The summed E-state index contributed by atoms with van der Waals surface area (Å²) in [7, 11) is 0. The summed E-state index contributed by atoms with van der Waals surface area (Å²) < 4.78 is 11.3. The van der Waals surface area contributed by atoms with Crippen LogP contribution in [-0.2, 0) is 11.3 Å². The number of anilines is 1. The second-order valence-electron chi connectivity index (χ2n) is 7.56. The first-order valence-electron chi connectivity index (χ1n) is 10.9. The zero-order valence-corrected chi connectivity index (χ0v) is 18.6. The molecule has 0 unspecified atom stereocenters. The average molecular weight is 441 g/mol. The van der Waals surface area contributed by atoms with E-state index in [4.69, 9.17) is 21.1 Å². The molecule has 2 aliphatic rings. The Labute approximate surface area is 189 Å². The maximum atomic E-state index is 6.52. The highest BCUT2D eigenvalue weighted by Gasteiger charge is 2.20. The van der Waals surface area contributed by atoms with Crippen molar-refractivity contribution in [1.82, 2.24) is 15.4 Å². The molecule has 1 N–H and O–H groups in total. The number of allylic oxidation sites excluding steroid dienone is 2. The molecule has 31 heavy (non-hydrogen) atoms. The third-order valence-corrected chi connectivity index (χ3v) is 5.66. The minimum absolute atomic E-state index is 0.624. The van der Waals surface area contributed by atoms with Gasteiger partial charge in [0.2, 0.25) is 0 Å². The molecule has 1 aromatic carbocycles. The van der Waals surface area contributed by atoms with Gasteiger partial charge in [0.05, 0.1) is 37.1 Å². The molecular formula is C24H29ClN4O2. The van der Waals surface area contributed by atoms with Gasteiger partial charge in [0, 0.05) is 36.6 Å². The van der Waals surface area contributed by atoms with Gasteiger partial charge in [-0.15, -0.1) is 0 Å². The lowest BCUT2D eigenvalue weighted by Crippen LogP contribution is -2.39. The van der Waals surface area contributed by atoms with E-state index in [1.54, 1.807) is 0 Å². The molecule has 7 heteroatoms. The number of hydrogen-bond donors (Lipinski definition) is 1. The third-order valence-electron chi connectivity index (χ3n) is 5.36. The number of rotatable bonds is 8. The molecular weight excluding hydrogens is 412 g/mol. The number of morpholine rings is 1. The van der Waals surface area contributed by atoms with Crippen molar-refractivity contribution in [1.29, 1.82) is 0 Å². The molecule has 164 valence electrons. The van der Waals surface area contributed by atoms with Crippen LogP contribution in [0.1, 0.15) is 30.9 Å². The van der Waals surface area contributed by atoms with Crippen LogP contribution in [0.4, 0.5) is 5.82 Å². The maximum absolute atomic E-state index is 6.52. The zero-order chi connectivity index (χ0) is 21.5. The highest BCUT2D eigenvalue weighted by molar-refractivity contribution is 6.32. The fourth-order valence-electron chi connectivity index (χ4n) is 3.70. The number of pyridine rings is 1. The largest absolute Gasteiger partial charge is 0.492 e. The van der Waals surface area contributed by atoms with Gasteiger partial charge in [0.25, 0.3) is 0 Å². The Hall–Kier alpha value is -2.70. The SMILES string of the molecule is CCCCOc1ccc(C2=CC=CNN2Cc2cccnc2N2CCOCC2)cc1Cl. The lowest BCUT2D eigenvalue weighted by Gasteiger charge is -2.33. The number of unbranched alkanes of at least 4 members (excludes halogenated alkanes) is 1. The highest BCUT2D eigenvalue weighted by Crippen LogP contribution is 2.31. The molecule has 0 radical (unpaired) electrons. The Balaban J connectivity index is 1.53. The number of halogens is 1. The number of ether oxygens (including phenoxy) is 2. The fourth-order valence-corrected chi connectivity index (χ4v) is 3.94. The van der Waals surface area contributed by atoms with E-state index >= 15 is 0 Å². The van der Waals surface area contributed by atoms with E-state index < -0.39 is 0 Å². The Bertz CT molecular complexity index is 941. The number of hydrazine groups is 1. The Morgan fingerprint density at radius 3 is 2.90 bits per heavy atom. The van der Waals surface area contributed by atoms with Crippen molar-refractivity contribution >= 4 is 23.1 Å². The molecule has 6 nitrogen and oxygen atoms in total. The monoisotopic (exact) mass is 440 g/mol. The lowest BCUT2D eigenvalue weighted by atomic mass is 10.1. The van der Waals surface area contributed by atoms with E-state index in [1.807, 2.05) is 36.7 Å². The molecule has 0 bridgehead atoms. The van der Waals surface area contributed by atoms with E-state index in [0.29, 0.717) is 18.2 Å². The Kier molecular flexibility index (Phi) is 7.33. The van der Waals surface area contributed by atoms with Gasteiger partial charge in [-0.1, -0.05) is 31.0 Å². The number of aromatic nitrogens is 1. The first kappa shape index (κ1) is 21.5. The fraction of sp³-hybridized carbons (Fsp3) is 0.375. The molecule has 0 saturated carbocycles. The van der Waals surface area contributed by atoms with E-state index in [1.165, 1.54) is 0 Å². The van der Waals surface area contributed by atoms with E-state index in [-0.39, 0.29) is 0 Å². The summed E-state index contributed by atoms with van der Waals surface area (Å²) in [6.07, 6.45) is 9.98. The summed E-state index contributed by atoms with van der Waals surface area (Å²) >= 11 is 6.52. The highest BCUT2D eigenvalue weighted by atomic mass is 35.5. The summed E-state index contributed by atoms with van der Waals surface area (Å²) in [4.78, 5) is 6.96. The van der Waals surface area contributed by atoms with E-state index in [0.717, 1.165) is 67.5 Å².